The maximum atomic E-state index is 18.0. The van der Waals surface area contributed by atoms with Gasteiger partial charge >= 0.3 is 310 Å². The van der Waals surface area contributed by atoms with Gasteiger partial charge in [-0.3, -0.25) is 4.98 Å². The topological polar surface area (TPSA) is 152 Å². The van der Waals surface area contributed by atoms with Crippen LogP contribution in [0.2, 0.25) is 8.35 Å². The number of carbonyl (C=O) groups is 5. The number of alkyl halides is 3. The quantitative estimate of drug-likeness (QED) is 0.0657. The number of hydrogen-bond donors (Lipinski definition) is 2. The van der Waals surface area contributed by atoms with Gasteiger partial charge in [-0.1, -0.05) is 13.8 Å². The van der Waals surface area contributed by atoms with Crippen LogP contribution in [0.4, 0.5) is 8.78 Å². The van der Waals surface area contributed by atoms with Gasteiger partial charge in [0.1, 0.15) is 0 Å². The molecule has 6 bridgehead atoms. The molecule has 17 heteroatoms. The van der Waals surface area contributed by atoms with Gasteiger partial charge in [-0.25, -0.2) is 8.78 Å². The summed E-state index contributed by atoms with van der Waals surface area (Å²) in [6.45, 7) is 14.5. The normalized spacial score (nSPS) is 22.6. The van der Waals surface area contributed by atoms with E-state index in [-0.39, 0.29) is 52.8 Å². The summed E-state index contributed by atoms with van der Waals surface area (Å²) in [7, 11) is 1.55. The number of benzene rings is 2. The van der Waals surface area contributed by atoms with E-state index in [9.17, 15) is 24.0 Å². The number of esters is 1. The molecule has 13 nitrogen and oxygen atoms in total. The van der Waals surface area contributed by atoms with Crippen molar-refractivity contribution in [1.82, 2.24) is 30.2 Å². The third-order valence-corrected chi connectivity index (χ3v) is 27.3. The van der Waals surface area contributed by atoms with Crippen LogP contribution in [-0.4, -0.2) is 117 Å². The molecule has 0 spiro atoms. The van der Waals surface area contributed by atoms with E-state index in [1.807, 2.05) is 73.3 Å². The molecule has 0 unspecified atom stereocenters. The van der Waals surface area contributed by atoms with Crippen LogP contribution in [-0.2, 0) is 52.3 Å². The van der Waals surface area contributed by atoms with E-state index in [4.69, 9.17) is 9.47 Å². The predicted molar refractivity (Wildman–Crippen MR) is 267 cm³/mol. The summed E-state index contributed by atoms with van der Waals surface area (Å²) in [4.78, 5) is 76.4. The van der Waals surface area contributed by atoms with Crippen LogP contribution < -0.4 is 10.7 Å². The molecule has 0 saturated carbocycles. The van der Waals surface area contributed by atoms with E-state index in [0.29, 0.717) is 70.5 Å². The van der Waals surface area contributed by atoms with Gasteiger partial charge in [-0.2, -0.15) is 0 Å². The molecule has 362 valence electrons. The van der Waals surface area contributed by atoms with Crippen LogP contribution in [0.15, 0.2) is 73.4 Å². The van der Waals surface area contributed by atoms with Crippen molar-refractivity contribution in [2.75, 3.05) is 33.4 Å². The second kappa shape index (κ2) is 20.6. The Kier molecular flexibility index (Phi) is 15.7. The van der Waals surface area contributed by atoms with Crippen molar-refractivity contribution in [3.05, 3.63) is 90.3 Å². The number of aryl methyl sites for hydroxylation is 1. The van der Waals surface area contributed by atoms with E-state index in [2.05, 4.69) is 44.9 Å². The molecule has 2 fully saturated rings. The number of hydrazine groups is 1. The maximum absolute atomic E-state index is 18.0. The van der Waals surface area contributed by atoms with Gasteiger partial charge in [-0.05, 0) is 26.0 Å². The molecule has 5 heterocycles. The molecule has 0 radical (unpaired) electrons. The Labute approximate surface area is 418 Å². The molecule has 2 N–H and O–H groups in total. The van der Waals surface area contributed by atoms with Crippen molar-refractivity contribution >= 4 is 82.2 Å². The number of cyclic esters (lactones) is 1. The summed E-state index contributed by atoms with van der Waals surface area (Å²) in [6.07, 6.45) is 3.58. The average molecular weight is 1150 g/mol. The molecule has 4 aromatic rings. The second-order valence-corrected chi connectivity index (χ2v) is 29.6. The molecule has 5 atom stereocenters. The Morgan fingerprint density at radius 1 is 1.09 bits per heavy atom. The Morgan fingerprint density at radius 2 is 1.82 bits per heavy atom. The predicted octanol–water partition coefficient (Wildman–Crippen LogP) is 8.15. The van der Waals surface area contributed by atoms with E-state index >= 15 is 8.78 Å². The molecule has 3 amide bonds. The van der Waals surface area contributed by atoms with Crippen molar-refractivity contribution in [2.45, 2.75) is 110 Å². The summed E-state index contributed by atoms with van der Waals surface area (Å²) < 4.78 is 49.8. The van der Waals surface area contributed by atoms with Crippen molar-refractivity contribution < 1.29 is 42.2 Å². The fourth-order valence-corrected chi connectivity index (χ4v) is 22.9. The zero-order valence-electron chi connectivity index (χ0n) is 40.2. The summed E-state index contributed by atoms with van der Waals surface area (Å²) in [5.41, 5.74) is 4.80. The number of hydrogen-bond acceptors (Lipinski definition) is 9. The third kappa shape index (κ3) is 9.91. The number of likely N-dealkylation sites (tertiary alicyclic amines) is 1. The summed E-state index contributed by atoms with van der Waals surface area (Å²) in [6, 6.07) is 14.4. The first kappa shape index (κ1) is 51.6. The fourth-order valence-electron chi connectivity index (χ4n) is 10.1. The summed E-state index contributed by atoms with van der Waals surface area (Å²) >= 11 is -1.33. The third-order valence-electron chi connectivity index (χ3n) is 14.1. The fraction of sp³-hybridized carbons (Fsp3) is 0.490. The zero-order chi connectivity index (χ0) is 49.5. The number of nitrogens with zero attached hydrogens (tertiary/aromatic N) is 4. The standard InChI is InChI=1S/C42H50F2N5O5.C8H9INO2.CH3.In/c1-8-48-34-17-16-29-23-31(34)36(38(48)30-14-10-18-45-37(30)26(4)53-7)42(43,44)41(5,6)24-54-40(52)32-15-11-19-49(47-32)39(51)33(46-35(50)20-25(2)3)22-27-12-9-13-28(29)21-27;1-2-7(12)10-4-3-8(9,5-10)6-11;;/h9-10,12-14,16-18,20-21,23,25-26,32-33,47H,8,11,15,19,22,24H2,1-7H3,(H,46,50);2H,1,3-5H2;1H3;/t26-,32-,33-;8-;;/m01../s1. The van der Waals surface area contributed by atoms with Gasteiger partial charge < -0.3 is 9.30 Å². The number of methoxy groups -OCH3 is 1. The van der Waals surface area contributed by atoms with Crippen LogP contribution in [0.3, 0.4) is 0 Å². The van der Waals surface area contributed by atoms with Crippen molar-refractivity contribution in [2.24, 2.45) is 11.3 Å². The van der Waals surface area contributed by atoms with Crippen LogP contribution in [0.1, 0.15) is 83.7 Å². The Bertz CT molecular complexity index is 2620. The average Bonchev–Trinajstić information content (AvgIpc) is 3.90. The van der Waals surface area contributed by atoms with Gasteiger partial charge in [0.05, 0.1) is 17.5 Å². The minimum absolute atomic E-state index is 0.0563. The molecule has 68 heavy (non-hydrogen) atoms. The van der Waals surface area contributed by atoms with Gasteiger partial charge in [0.15, 0.2) is 0 Å². The van der Waals surface area contributed by atoms with E-state index in [1.54, 1.807) is 36.4 Å². The SMILES string of the molecule is C=CC(=O)N1CC[C@](I)([C](=O)[In]([CH3])[C@H](C(=O)N[C@H]2Cc3cccc(c3)-c3ccc4c(c3)c(c(-c3cccnc3[C@H](C)OC)n4CC)C(F)(F)C(C)(C)COC(=O)[C@@H]3CCCN(N3)C2=O)C(C)C)C1. The number of nitrogens with one attached hydrogen (secondary N) is 2. The number of rotatable bonds is 11. The Hall–Kier alpha value is -4.20. The number of halogens is 3. The van der Waals surface area contributed by atoms with Crippen LogP contribution in [0.5, 0.6) is 0 Å². The number of pyridine rings is 1. The number of aromatic nitrogens is 2. The van der Waals surface area contributed by atoms with Crippen LogP contribution in [0.25, 0.3) is 33.3 Å². The Morgan fingerprint density at radius 3 is 2.51 bits per heavy atom. The van der Waals surface area contributed by atoms with Gasteiger partial charge in [0.2, 0.25) is 0 Å². The van der Waals surface area contributed by atoms with E-state index in [1.165, 1.54) is 24.9 Å². The Balaban J connectivity index is 1.33. The first-order valence-corrected chi connectivity index (χ1v) is 31.4. The molecule has 7 rings (SSSR count). The molecule has 3 aliphatic rings. The first-order valence-electron chi connectivity index (χ1n) is 23.5. The number of carbonyl (C=O) groups excluding carboxylic acids is 5. The number of amides is 3. The first-order chi connectivity index (χ1) is 32.2. The molecule has 3 aliphatic heterocycles. The molecule has 2 saturated heterocycles. The molecule has 2 aromatic carbocycles. The molecule has 0 aliphatic carbocycles. The molecular formula is C51H62F2IInN6O7. The van der Waals surface area contributed by atoms with E-state index in [0.717, 1.165) is 0 Å². The summed E-state index contributed by atoms with van der Waals surface area (Å²) in [5.74, 6) is -5.67. The second-order valence-electron chi connectivity index (χ2n) is 19.5. The number of fused-ring (bicyclic) bond motifs is 6. The van der Waals surface area contributed by atoms with Crippen molar-refractivity contribution in [3.63, 3.8) is 0 Å². The van der Waals surface area contributed by atoms with Gasteiger partial charge in [0, 0.05) is 25.4 Å². The van der Waals surface area contributed by atoms with Crippen molar-refractivity contribution in [1.29, 1.82) is 0 Å². The zero-order valence-corrected chi connectivity index (χ0v) is 45.6. The molecular weight excluding hydrogens is 1090 g/mol. The molecule has 2 aromatic heterocycles. The van der Waals surface area contributed by atoms with Gasteiger partial charge in [0.25, 0.3) is 5.92 Å². The minimum atomic E-state index is -3.58. The van der Waals surface area contributed by atoms with Crippen molar-refractivity contribution in [3.8, 4) is 22.4 Å². The van der Waals surface area contributed by atoms with Gasteiger partial charge in [-0.15, -0.1) is 0 Å². The van der Waals surface area contributed by atoms with E-state index < -0.39 is 76.5 Å². The van der Waals surface area contributed by atoms with Crippen LogP contribution in [0, 0.1) is 11.3 Å². The number of ether oxygens (including phenoxy) is 2. The van der Waals surface area contributed by atoms with Crippen LogP contribution >= 0.6 is 22.6 Å². The summed E-state index contributed by atoms with van der Waals surface area (Å²) in [5, 5.41) is 4.73. The monoisotopic (exact) mass is 1150 g/mol.